The normalized spacial score (nSPS) is 10.3. The van der Waals surface area contributed by atoms with E-state index < -0.39 is 0 Å². The summed E-state index contributed by atoms with van der Waals surface area (Å²) in [6, 6.07) is 11.7. The lowest BCUT2D eigenvalue weighted by atomic mass is 10.1. The maximum Gasteiger partial charge on any atom is 0.161 e. The van der Waals surface area contributed by atoms with Crippen molar-refractivity contribution in [1.29, 1.82) is 0 Å². The molecule has 5 nitrogen and oxygen atoms in total. The number of hydrogen-bond donors (Lipinski definition) is 1. The van der Waals surface area contributed by atoms with Gasteiger partial charge in [0.25, 0.3) is 0 Å². The van der Waals surface area contributed by atoms with Crippen molar-refractivity contribution in [2.75, 3.05) is 28.4 Å². The summed E-state index contributed by atoms with van der Waals surface area (Å²) in [6.07, 6.45) is 0. The van der Waals surface area contributed by atoms with Gasteiger partial charge in [-0.1, -0.05) is 12.1 Å². The third kappa shape index (κ3) is 4.29. The summed E-state index contributed by atoms with van der Waals surface area (Å²) in [5.74, 6) is 3.05. The number of ether oxygens (including phenoxy) is 4. The molecule has 1 N–H and O–H groups in total. The molecule has 124 valence electrons. The van der Waals surface area contributed by atoms with Gasteiger partial charge in [0.2, 0.25) is 0 Å². The third-order valence-corrected chi connectivity index (χ3v) is 3.59. The van der Waals surface area contributed by atoms with Gasteiger partial charge in [-0.25, -0.2) is 0 Å². The summed E-state index contributed by atoms with van der Waals surface area (Å²) in [5.41, 5.74) is 2.20. The minimum absolute atomic E-state index is 0.696. The van der Waals surface area contributed by atoms with Crippen molar-refractivity contribution >= 4 is 0 Å². The standard InChI is InChI=1S/C18H23NO4/c1-20-15-7-6-14(17(10-15)22-3)12-19-11-13-5-8-16(21-2)18(9-13)23-4/h5-10,19H,11-12H2,1-4H3. The fourth-order valence-corrected chi connectivity index (χ4v) is 2.33. The fourth-order valence-electron chi connectivity index (χ4n) is 2.33. The molecule has 0 heterocycles. The smallest absolute Gasteiger partial charge is 0.161 e. The Kier molecular flexibility index (Phi) is 6.11. The van der Waals surface area contributed by atoms with Gasteiger partial charge in [0.05, 0.1) is 28.4 Å². The highest BCUT2D eigenvalue weighted by Crippen LogP contribution is 2.28. The van der Waals surface area contributed by atoms with Gasteiger partial charge in [0.1, 0.15) is 11.5 Å². The molecule has 0 saturated heterocycles. The fraction of sp³-hybridized carbons (Fsp3) is 0.333. The van der Waals surface area contributed by atoms with E-state index in [-0.39, 0.29) is 0 Å². The predicted octanol–water partition coefficient (Wildman–Crippen LogP) is 3.01. The van der Waals surface area contributed by atoms with E-state index in [0.29, 0.717) is 6.54 Å². The molecule has 2 rings (SSSR count). The Morgan fingerprint density at radius 2 is 1.43 bits per heavy atom. The van der Waals surface area contributed by atoms with Gasteiger partial charge >= 0.3 is 0 Å². The van der Waals surface area contributed by atoms with Gasteiger partial charge < -0.3 is 24.3 Å². The van der Waals surface area contributed by atoms with E-state index in [1.807, 2.05) is 36.4 Å². The van der Waals surface area contributed by atoms with E-state index in [0.717, 1.165) is 40.7 Å². The second kappa shape index (κ2) is 8.29. The van der Waals surface area contributed by atoms with E-state index in [4.69, 9.17) is 18.9 Å². The van der Waals surface area contributed by atoms with Crippen molar-refractivity contribution in [2.24, 2.45) is 0 Å². The molecular formula is C18H23NO4. The minimum atomic E-state index is 0.696. The molecule has 0 aliphatic heterocycles. The van der Waals surface area contributed by atoms with Crippen molar-refractivity contribution in [2.45, 2.75) is 13.1 Å². The van der Waals surface area contributed by atoms with Crippen LogP contribution in [0.25, 0.3) is 0 Å². The second-order valence-corrected chi connectivity index (χ2v) is 4.97. The molecule has 0 fully saturated rings. The summed E-state index contributed by atoms with van der Waals surface area (Å²) in [7, 11) is 6.57. The molecule has 0 spiro atoms. The van der Waals surface area contributed by atoms with Crippen LogP contribution in [0.1, 0.15) is 11.1 Å². The van der Waals surface area contributed by atoms with Crippen LogP contribution in [-0.2, 0) is 13.1 Å². The van der Waals surface area contributed by atoms with Gasteiger partial charge in [-0.05, 0) is 23.8 Å². The van der Waals surface area contributed by atoms with E-state index in [1.165, 1.54) is 0 Å². The quantitative estimate of drug-likeness (QED) is 0.811. The van der Waals surface area contributed by atoms with Gasteiger partial charge in [-0.2, -0.15) is 0 Å². The van der Waals surface area contributed by atoms with E-state index in [9.17, 15) is 0 Å². The van der Waals surface area contributed by atoms with Crippen LogP contribution in [0.15, 0.2) is 36.4 Å². The number of hydrogen-bond acceptors (Lipinski definition) is 5. The van der Waals surface area contributed by atoms with E-state index in [2.05, 4.69) is 5.32 Å². The average Bonchev–Trinajstić information content (AvgIpc) is 2.61. The molecule has 23 heavy (non-hydrogen) atoms. The lowest BCUT2D eigenvalue weighted by Crippen LogP contribution is -2.13. The summed E-state index contributed by atoms with van der Waals surface area (Å²) in [6.45, 7) is 1.41. The zero-order valence-electron chi connectivity index (χ0n) is 14.0. The molecule has 0 aromatic heterocycles. The summed E-state index contributed by atoms with van der Waals surface area (Å²) in [4.78, 5) is 0. The Bertz CT molecular complexity index is 643. The Morgan fingerprint density at radius 3 is 2.09 bits per heavy atom. The van der Waals surface area contributed by atoms with Crippen molar-refractivity contribution in [3.63, 3.8) is 0 Å². The number of rotatable bonds is 8. The molecule has 5 heteroatoms. The first-order chi connectivity index (χ1) is 11.2. The highest BCUT2D eigenvalue weighted by molar-refractivity contribution is 5.43. The Labute approximate surface area is 137 Å². The zero-order chi connectivity index (χ0) is 16.7. The summed E-state index contributed by atoms with van der Waals surface area (Å²) < 4.78 is 21.2. The molecule has 0 amide bonds. The molecule has 0 bridgehead atoms. The lowest BCUT2D eigenvalue weighted by Gasteiger charge is -2.12. The zero-order valence-corrected chi connectivity index (χ0v) is 14.0. The summed E-state index contributed by atoms with van der Waals surface area (Å²) in [5, 5.41) is 3.40. The molecule has 0 unspecified atom stereocenters. The SMILES string of the molecule is COc1ccc(CNCc2ccc(OC)c(OC)c2)c(OC)c1. The second-order valence-electron chi connectivity index (χ2n) is 4.97. The minimum Gasteiger partial charge on any atom is -0.497 e. The number of nitrogens with one attached hydrogen (secondary N) is 1. The van der Waals surface area contributed by atoms with E-state index >= 15 is 0 Å². The van der Waals surface area contributed by atoms with Crippen LogP contribution >= 0.6 is 0 Å². The Hall–Kier alpha value is -2.40. The number of methoxy groups -OCH3 is 4. The van der Waals surface area contributed by atoms with Crippen molar-refractivity contribution in [1.82, 2.24) is 5.32 Å². The average molecular weight is 317 g/mol. The van der Waals surface area contributed by atoms with Gasteiger partial charge in [-0.3, -0.25) is 0 Å². The molecule has 0 aliphatic carbocycles. The van der Waals surface area contributed by atoms with Crippen molar-refractivity contribution in [3.05, 3.63) is 47.5 Å². The predicted molar refractivity (Wildman–Crippen MR) is 89.6 cm³/mol. The van der Waals surface area contributed by atoms with Crippen molar-refractivity contribution < 1.29 is 18.9 Å². The largest absolute Gasteiger partial charge is 0.497 e. The van der Waals surface area contributed by atoms with Crippen LogP contribution in [-0.4, -0.2) is 28.4 Å². The molecule has 0 saturated carbocycles. The first-order valence-electron chi connectivity index (χ1n) is 7.34. The first-order valence-corrected chi connectivity index (χ1v) is 7.34. The molecule has 2 aromatic carbocycles. The maximum absolute atomic E-state index is 5.40. The molecule has 0 aliphatic rings. The van der Waals surface area contributed by atoms with Crippen LogP contribution in [0, 0.1) is 0 Å². The highest BCUT2D eigenvalue weighted by atomic mass is 16.5. The monoisotopic (exact) mass is 317 g/mol. The third-order valence-electron chi connectivity index (χ3n) is 3.59. The first kappa shape index (κ1) is 17.0. The van der Waals surface area contributed by atoms with Crippen LogP contribution in [0.4, 0.5) is 0 Å². The molecular weight excluding hydrogens is 294 g/mol. The van der Waals surface area contributed by atoms with Gasteiger partial charge in [0.15, 0.2) is 11.5 Å². The molecule has 0 radical (unpaired) electrons. The van der Waals surface area contributed by atoms with Crippen LogP contribution in [0.2, 0.25) is 0 Å². The highest BCUT2D eigenvalue weighted by Gasteiger charge is 2.07. The topological polar surface area (TPSA) is 49.0 Å². The van der Waals surface area contributed by atoms with Crippen LogP contribution in [0.5, 0.6) is 23.0 Å². The Morgan fingerprint density at radius 1 is 0.696 bits per heavy atom. The lowest BCUT2D eigenvalue weighted by molar-refractivity contribution is 0.354. The van der Waals surface area contributed by atoms with Crippen LogP contribution < -0.4 is 24.3 Å². The van der Waals surface area contributed by atoms with Crippen molar-refractivity contribution in [3.8, 4) is 23.0 Å². The Balaban J connectivity index is 2.00. The maximum atomic E-state index is 5.40. The molecule has 0 atom stereocenters. The van der Waals surface area contributed by atoms with E-state index in [1.54, 1.807) is 28.4 Å². The molecule has 2 aromatic rings. The van der Waals surface area contributed by atoms with Gasteiger partial charge in [0, 0.05) is 24.7 Å². The van der Waals surface area contributed by atoms with Gasteiger partial charge in [-0.15, -0.1) is 0 Å². The van der Waals surface area contributed by atoms with Crippen LogP contribution in [0.3, 0.4) is 0 Å². The number of benzene rings is 2. The summed E-state index contributed by atoms with van der Waals surface area (Å²) >= 11 is 0.